The third kappa shape index (κ3) is 12.9. The molecule has 2 atom stereocenters. The van der Waals surface area contributed by atoms with Crippen molar-refractivity contribution in [2.45, 2.75) is 124 Å². The van der Waals surface area contributed by atoms with Crippen molar-refractivity contribution in [1.82, 2.24) is 0 Å². The van der Waals surface area contributed by atoms with Crippen LogP contribution in [0.1, 0.15) is 134 Å². The number of carbonyl (C=O) groups excluding carboxylic acids is 1. The lowest BCUT2D eigenvalue weighted by molar-refractivity contribution is -0.155. The number of rotatable bonds is 14. The maximum Gasteiger partial charge on any atom is 0.536 e. The molecule has 3 aromatic carbocycles. The van der Waals surface area contributed by atoms with Crippen molar-refractivity contribution in [2.75, 3.05) is 28.4 Å². The smallest absolute Gasteiger partial charge is 0.497 e. The average Bonchev–Trinajstić information content (AvgIpc) is 3.18. The fourth-order valence-corrected chi connectivity index (χ4v) is 7.63. The lowest BCUT2D eigenvalue weighted by Gasteiger charge is -2.32. The van der Waals surface area contributed by atoms with Crippen molar-refractivity contribution < 1.29 is 32.7 Å². The number of hydrogen-bond acceptors (Lipinski definition) is 7. The van der Waals surface area contributed by atoms with Crippen LogP contribution in [-0.2, 0) is 35.0 Å². The number of methoxy groups -OCH3 is 1. The van der Waals surface area contributed by atoms with E-state index in [2.05, 4.69) is 52.0 Å². The van der Waals surface area contributed by atoms with E-state index in [-0.39, 0.29) is 5.97 Å². The first-order valence-corrected chi connectivity index (χ1v) is 20.4. The number of carbonyl (C=O) groups is 1. The van der Waals surface area contributed by atoms with E-state index in [1.54, 1.807) is 28.4 Å². The fraction of sp³-hybridized carbons (Fsp3) is 0.558. The summed E-state index contributed by atoms with van der Waals surface area (Å²) in [6.07, 6.45) is 8.15. The van der Waals surface area contributed by atoms with Crippen molar-refractivity contribution in [1.29, 1.82) is 0 Å². The van der Waals surface area contributed by atoms with Gasteiger partial charge in [-0.15, -0.1) is 0 Å². The SMILES string of the molecule is CCC(C)(C)C(=O)OCc1ccc(C2(O)CCCCC2)cc1.CCC(C)c1ccc(OC)cc1.CCC(C)c1ccc([Si](OC)(OC)OC)cc1. The molecule has 8 heteroatoms. The topological polar surface area (TPSA) is 83.5 Å². The molecule has 284 valence electrons. The highest BCUT2D eigenvalue weighted by atomic mass is 28.4. The van der Waals surface area contributed by atoms with E-state index < -0.39 is 19.8 Å². The zero-order chi connectivity index (χ0) is 38.1. The van der Waals surface area contributed by atoms with E-state index in [4.69, 9.17) is 22.8 Å². The number of ether oxygens (including phenoxy) is 2. The Morgan fingerprint density at radius 3 is 1.63 bits per heavy atom. The average molecular weight is 723 g/mol. The number of aliphatic hydroxyl groups is 1. The summed E-state index contributed by atoms with van der Waals surface area (Å²) in [4.78, 5) is 12.0. The first-order valence-electron chi connectivity index (χ1n) is 18.7. The van der Waals surface area contributed by atoms with Crippen LogP contribution >= 0.6 is 0 Å². The van der Waals surface area contributed by atoms with Gasteiger partial charge in [-0.25, -0.2) is 0 Å². The molecule has 51 heavy (non-hydrogen) atoms. The van der Waals surface area contributed by atoms with E-state index >= 15 is 0 Å². The molecular formula is C43H66O7Si. The van der Waals surface area contributed by atoms with Gasteiger partial charge in [0.1, 0.15) is 12.4 Å². The molecule has 1 aliphatic rings. The molecule has 2 unspecified atom stereocenters. The van der Waals surface area contributed by atoms with Gasteiger partial charge in [0, 0.05) is 26.5 Å². The van der Waals surface area contributed by atoms with E-state index in [0.717, 1.165) is 60.6 Å². The van der Waals surface area contributed by atoms with Gasteiger partial charge in [-0.1, -0.05) is 115 Å². The predicted octanol–water partition coefficient (Wildman–Crippen LogP) is 9.81. The number of esters is 1. The minimum absolute atomic E-state index is 0.162. The molecule has 0 bridgehead atoms. The second-order valence-corrected chi connectivity index (χ2v) is 17.2. The Labute approximate surface area is 310 Å². The molecule has 0 heterocycles. The van der Waals surface area contributed by atoms with Crippen LogP contribution in [0.5, 0.6) is 5.75 Å². The third-order valence-corrected chi connectivity index (χ3v) is 13.2. The van der Waals surface area contributed by atoms with Crippen molar-refractivity contribution in [3.8, 4) is 5.75 Å². The Hall–Kier alpha value is -3.01. The molecule has 0 radical (unpaired) electrons. The summed E-state index contributed by atoms with van der Waals surface area (Å²) in [6.45, 7) is 14.9. The highest BCUT2D eigenvalue weighted by molar-refractivity contribution is 6.75. The highest BCUT2D eigenvalue weighted by Crippen LogP contribution is 2.37. The van der Waals surface area contributed by atoms with Crippen LogP contribution in [0.2, 0.25) is 0 Å². The predicted molar refractivity (Wildman–Crippen MR) is 211 cm³/mol. The Morgan fingerprint density at radius 2 is 1.22 bits per heavy atom. The summed E-state index contributed by atoms with van der Waals surface area (Å²) in [6, 6.07) is 24.5. The Kier molecular flexibility index (Phi) is 18.6. The molecule has 0 spiro atoms. The largest absolute Gasteiger partial charge is 0.536 e. The van der Waals surface area contributed by atoms with Crippen molar-refractivity contribution in [3.63, 3.8) is 0 Å². The van der Waals surface area contributed by atoms with Crippen LogP contribution in [0, 0.1) is 5.41 Å². The second kappa shape index (κ2) is 21.5. The minimum Gasteiger partial charge on any atom is -0.497 e. The molecule has 0 aromatic heterocycles. The van der Waals surface area contributed by atoms with Gasteiger partial charge >= 0.3 is 14.8 Å². The lowest BCUT2D eigenvalue weighted by Crippen LogP contribution is -2.54. The maximum atomic E-state index is 12.0. The minimum atomic E-state index is -2.66. The van der Waals surface area contributed by atoms with Gasteiger partial charge in [0.05, 0.1) is 18.1 Å². The standard InChI is InChI=1S/C19H28O3.C13H22O3Si.C11H16O/c1-4-18(2,3)17(20)22-14-15-8-10-16(11-9-15)19(21)12-6-5-7-13-19;1-6-11(2)12-7-9-13(10-8-12)17(14-3,15-4)16-5;1-4-9(2)10-5-7-11(12-3)8-6-10/h8-11,21H,4-7,12-14H2,1-3H3;7-11H,6H2,1-5H3;5-9H,4H2,1-3H3. The highest BCUT2D eigenvalue weighted by Gasteiger charge is 2.40. The zero-order valence-corrected chi connectivity index (χ0v) is 34.3. The lowest BCUT2D eigenvalue weighted by atomic mass is 9.79. The Balaban J connectivity index is 0.000000277. The molecule has 1 saturated carbocycles. The number of benzene rings is 3. The first-order chi connectivity index (χ1) is 24.3. The summed E-state index contributed by atoms with van der Waals surface area (Å²) >= 11 is 0. The van der Waals surface area contributed by atoms with Crippen LogP contribution in [0.3, 0.4) is 0 Å². The van der Waals surface area contributed by atoms with Crippen LogP contribution < -0.4 is 9.92 Å². The molecule has 1 fully saturated rings. The van der Waals surface area contributed by atoms with E-state index in [9.17, 15) is 9.90 Å². The van der Waals surface area contributed by atoms with Crippen molar-refractivity contribution in [3.05, 3.63) is 95.1 Å². The zero-order valence-electron chi connectivity index (χ0n) is 33.3. The summed E-state index contributed by atoms with van der Waals surface area (Å²) in [5, 5.41) is 11.7. The molecule has 1 aliphatic carbocycles. The van der Waals surface area contributed by atoms with Gasteiger partial charge < -0.3 is 27.9 Å². The summed E-state index contributed by atoms with van der Waals surface area (Å²) in [5.74, 6) is 2.00. The van der Waals surface area contributed by atoms with Gasteiger partial charge in [0.15, 0.2) is 0 Å². The van der Waals surface area contributed by atoms with E-state index in [1.165, 1.54) is 24.0 Å². The number of hydrogen-bond donors (Lipinski definition) is 1. The summed E-state index contributed by atoms with van der Waals surface area (Å²) < 4.78 is 26.8. The summed E-state index contributed by atoms with van der Waals surface area (Å²) in [7, 11) is 3.91. The molecular weight excluding hydrogens is 657 g/mol. The molecule has 7 nitrogen and oxygen atoms in total. The molecule has 0 aliphatic heterocycles. The summed E-state index contributed by atoms with van der Waals surface area (Å²) in [5.41, 5.74) is 3.56. The molecule has 3 aromatic rings. The monoisotopic (exact) mass is 722 g/mol. The van der Waals surface area contributed by atoms with E-state index in [1.807, 2.05) is 69.3 Å². The first kappa shape index (κ1) is 44.1. The van der Waals surface area contributed by atoms with E-state index in [0.29, 0.717) is 18.4 Å². The third-order valence-electron chi connectivity index (χ3n) is 10.5. The van der Waals surface area contributed by atoms with Crippen molar-refractivity contribution in [2.24, 2.45) is 5.41 Å². The maximum absolute atomic E-state index is 12.0. The molecule has 1 N–H and O–H groups in total. The quantitative estimate of drug-likeness (QED) is 0.131. The van der Waals surface area contributed by atoms with Crippen LogP contribution in [-0.4, -0.2) is 48.3 Å². The molecule has 0 amide bonds. The van der Waals surface area contributed by atoms with Crippen LogP contribution in [0.4, 0.5) is 0 Å². The molecule has 0 saturated heterocycles. The van der Waals surface area contributed by atoms with Gasteiger partial charge in [0.25, 0.3) is 0 Å². The second-order valence-electron chi connectivity index (χ2n) is 14.3. The van der Waals surface area contributed by atoms with Gasteiger partial charge in [0.2, 0.25) is 0 Å². The fourth-order valence-electron chi connectivity index (χ4n) is 5.85. The van der Waals surface area contributed by atoms with Crippen LogP contribution in [0.25, 0.3) is 0 Å². The molecule has 4 rings (SSSR count). The Morgan fingerprint density at radius 1 is 0.745 bits per heavy atom. The van der Waals surface area contributed by atoms with Gasteiger partial charge in [-0.2, -0.15) is 0 Å². The van der Waals surface area contributed by atoms with Gasteiger partial charge in [-0.05, 0) is 92.2 Å². The van der Waals surface area contributed by atoms with Crippen molar-refractivity contribution >= 4 is 20.0 Å². The normalized spacial score (nSPS) is 15.3. The van der Waals surface area contributed by atoms with Crippen LogP contribution in [0.15, 0.2) is 72.8 Å². The Bertz CT molecular complexity index is 1390. The van der Waals surface area contributed by atoms with Gasteiger partial charge in [-0.3, -0.25) is 4.79 Å².